The van der Waals surface area contributed by atoms with Gasteiger partial charge >= 0.3 is 0 Å². The summed E-state index contributed by atoms with van der Waals surface area (Å²) in [6, 6.07) is 0. The molecule has 0 saturated carbocycles. The fourth-order valence-corrected chi connectivity index (χ4v) is 1.73. The maximum atomic E-state index is 11.7. The van der Waals surface area contributed by atoms with Crippen molar-refractivity contribution in [3.63, 3.8) is 0 Å². The summed E-state index contributed by atoms with van der Waals surface area (Å²) in [6.45, 7) is 1.37. The monoisotopic (exact) mass is 210 g/mol. The van der Waals surface area contributed by atoms with Crippen molar-refractivity contribution in [2.24, 2.45) is 0 Å². The lowest BCUT2D eigenvalue weighted by Gasteiger charge is -2.29. The molecule has 0 unspecified atom stereocenters. The van der Waals surface area contributed by atoms with Crippen LogP contribution in [0.4, 0.5) is 0 Å². The zero-order chi connectivity index (χ0) is 10.7. The normalized spacial score (nSPS) is 21.7. The molecule has 1 aromatic heterocycles. The zero-order valence-corrected chi connectivity index (χ0v) is 8.41. The van der Waals surface area contributed by atoms with E-state index in [9.17, 15) is 9.90 Å². The summed E-state index contributed by atoms with van der Waals surface area (Å²) in [5.74, 6) is -0.0146. The first-order valence-electron chi connectivity index (χ1n) is 5.04. The lowest BCUT2D eigenvalue weighted by molar-refractivity contribution is -0.135. The van der Waals surface area contributed by atoms with Gasteiger partial charge in [-0.25, -0.2) is 9.67 Å². The van der Waals surface area contributed by atoms with Crippen molar-refractivity contribution in [1.82, 2.24) is 19.7 Å². The highest BCUT2D eigenvalue weighted by Gasteiger charge is 2.21. The van der Waals surface area contributed by atoms with E-state index in [0.717, 1.165) is 19.4 Å². The summed E-state index contributed by atoms with van der Waals surface area (Å²) in [5, 5.41) is 13.3. The van der Waals surface area contributed by atoms with Crippen molar-refractivity contribution in [1.29, 1.82) is 0 Å². The molecule has 1 fully saturated rings. The van der Waals surface area contributed by atoms with Crippen LogP contribution in [0.1, 0.15) is 12.8 Å². The average molecular weight is 210 g/mol. The third kappa shape index (κ3) is 2.53. The number of amides is 1. The fourth-order valence-electron chi connectivity index (χ4n) is 1.73. The van der Waals surface area contributed by atoms with Crippen LogP contribution in [0.25, 0.3) is 0 Å². The van der Waals surface area contributed by atoms with Crippen LogP contribution in [-0.2, 0) is 11.3 Å². The Morgan fingerprint density at radius 3 is 3.13 bits per heavy atom. The van der Waals surface area contributed by atoms with Gasteiger partial charge in [-0.2, -0.15) is 5.10 Å². The summed E-state index contributed by atoms with van der Waals surface area (Å²) in [5.41, 5.74) is 0. The highest BCUT2D eigenvalue weighted by molar-refractivity contribution is 5.76. The lowest BCUT2D eigenvalue weighted by atomic mass is 10.1. The molecular formula is C9H14N4O2. The van der Waals surface area contributed by atoms with Gasteiger partial charge in [-0.15, -0.1) is 0 Å². The number of aromatic nitrogens is 3. The van der Waals surface area contributed by atoms with Crippen LogP contribution in [0.15, 0.2) is 12.7 Å². The molecule has 0 bridgehead atoms. The van der Waals surface area contributed by atoms with Gasteiger partial charge in [-0.3, -0.25) is 4.79 Å². The minimum atomic E-state index is -0.376. The molecule has 15 heavy (non-hydrogen) atoms. The topological polar surface area (TPSA) is 71.2 Å². The number of rotatable bonds is 2. The predicted octanol–water partition coefficient (Wildman–Crippen LogP) is -0.739. The number of aliphatic hydroxyl groups excluding tert-OH is 1. The first kappa shape index (κ1) is 10.1. The number of aliphatic hydroxyl groups is 1. The molecule has 1 N–H and O–H groups in total. The van der Waals surface area contributed by atoms with Gasteiger partial charge < -0.3 is 10.0 Å². The Morgan fingerprint density at radius 1 is 1.60 bits per heavy atom. The van der Waals surface area contributed by atoms with Crippen molar-refractivity contribution in [2.75, 3.05) is 13.1 Å². The Kier molecular flexibility index (Phi) is 2.96. The highest BCUT2D eigenvalue weighted by atomic mass is 16.3. The third-order valence-corrected chi connectivity index (χ3v) is 2.51. The Hall–Kier alpha value is -1.43. The van der Waals surface area contributed by atoms with Gasteiger partial charge in [0.15, 0.2) is 0 Å². The molecule has 1 amide bonds. The van der Waals surface area contributed by atoms with Gasteiger partial charge in [-0.05, 0) is 12.8 Å². The zero-order valence-electron chi connectivity index (χ0n) is 8.41. The molecule has 1 aliphatic heterocycles. The van der Waals surface area contributed by atoms with Crippen LogP contribution in [0.2, 0.25) is 0 Å². The molecule has 1 aliphatic rings. The summed E-state index contributed by atoms with van der Waals surface area (Å²) < 4.78 is 1.49. The van der Waals surface area contributed by atoms with Gasteiger partial charge in [-0.1, -0.05) is 0 Å². The van der Waals surface area contributed by atoms with E-state index >= 15 is 0 Å². The average Bonchev–Trinajstić information content (AvgIpc) is 2.70. The molecule has 2 rings (SSSR count). The van der Waals surface area contributed by atoms with Crippen molar-refractivity contribution < 1.29 is 9.90 Å². The number of nitrogens with zero attached hydrogens (tertiary/aromatic N) is 4. The van der Waals surface area contributed by atoms with Crippen molar-refractivity contribution >= 4 is 5.91 Å². The van der Waals surface area contributed by atoms with Crippen LogP contribution in [0.5, 0.6) is 0 Å². The molecule has 1 atom stereocenters. The number of carbonyl (C=O) groups is 1. The second-order valence-electron chi connectivity index (χ2n) is 3.73. The summed E-state index contributed by atoms with van der Waals surface area (Å²) in [6.07, 6.45) is 4.19. The Morgan fingerprint density at radius 2 is 2.47 bits per heavy atom. The molecule has 6 heteroatoms. The molecule has 2 heterocycles. The number of hydrogen-bond donors (Lipinski definition) is 1. The van der Waals surface area contributed by atoms with E-state index in [1.54, 1.807) is 4.90 Å². The molecule has 6 nitrogen and oxygen atoms in total. The summed E-state index contributed by atoms with van der Waals surface area (Å²) >= 11 is 0. The van der Waals surface area contributed by atoms with Crippen LogP contribution < -0.4 is 0 Å². The molecular weight excluding hydrogens is 196 g/mol. The third-order valence-electron chi connectivity index (χ3n) is 2.51. The molecule has 1 saturated heterocycles. The van der Waals surface area contributed by atoms with Crippen LogP contribution in [0.3, 0.4) is 0 Å². The van der Waals surface area contributed by atoms with Gasteiger partial charge in [0.05, 0.1) is 6.10 Å². The first-order chi connectivity index (χ1) is 7.25. The van der Waals surface area contributed by atoms with E-state index in [4.69, 9.17) is 0 Å². The van der Waals surface area contributed by atoms with Crippen LogP contribution >= 0.6 is 0 Å². The van der Waals surface area contributed by atoms with Gasteiger partial charge in [0.1, 0.15) is 19.2 Å². The maximum Gasteiger partial charge on any atom is 0.244 e. The lowest BCUT2D eigenvalue weighted by Crippen LogP contribution is -2.43. The Balaban J connectivity index is 1.90. The molecule has 82 valence electrons. The van der Waals surface area contributed by atoms with Crippen molar-refractivity contribution in [3.05, 3.63) is 12.7 Å². The second kappa shape index (κ2) is 4.39. The molecule has 0 spiro atoms. The smallest absolute Gasteiger partial charge is 0.244 e. The van der Waals surface area contributed by atoms with Crippen LogP contribution in [-0.4, -0.2) is 49.9 Å². The van der Waals surface area contributed by atoms with E-state index in [-0.39, 0.29) is 18.6 Å². The number of hydrogen-bond acceptors (Lipinski definition) is 4. The molecule has 1 aromatic rings. The Bertz CT molecular complexity index is 325. The SMILES string of the molecule is O=C(Cn1cncn1)N1CCC[C@@H](O)C1. The minimum Gasteiger partial charge on any atom is -0.391 e. The standard InChI is InChI=1S/C9H14N4O2/c14-8-2-1-3-12(4-8)9(15)5-13-7-10-6-11-13/h6-8,14H,1-5H2/t8-/m1/s1. The summed E-state index contributed by atoms with van der Waals surface area (Å²) in [4.78, 5) is 17.2. The first-order valence-corrected chi connectivity index (χ1v) is 5.04. The van der Waals surface area contributed by atoms with E-state index in [1.165, 1.54) is 17.3 Å². The quantitative estimate of drug-likeness (QED) is 0.698. The Labute approximate surface area is 87.5 Å². The molecule has 0 aliphatic carbocycles. The van der Waals surface area contributed by atoms with E-state index < -0.39 is 0 Å². The van der Waals surface area contributed by atoms with Crippen molar-refractivity contribution in [2.45, 2.75) is 25.5 Å². The maximum absolute atomic E-state index is 11.7. The van der Waals surface area contributed by atoms with E-state index in [1.807, 2.05) is 0 Å². The second-order valence-corrected chi connectivity index (χ2v) is 3.73. The molecule has 0 aromatic carbocycles. The predicted molar refractivity (Wildman–Crippen MR) is 51.8 cm³/mol. The van der Waals surface area contributed by atoms with E-state index in [0.29, 0.717) is 6.54 Å². The number of likely N-dealkylation sites (tertiary alicyclic amines) is 1. The number of β-amino-alcohol motifs (C(OH)–C–C–N with tert-alkyl or cyclic N) is 1. The fraction of sp³-hybridized carbons (Fsp3) is 0.667. The highest BCUT2D eigenvalue weighted by Crippen LogP contribution is 2.10. The van der Waals surface area contributed by atoms with Gasteiger partial charge in [0.2, 0.25) is 5.91 Å². The van der Waals surface area contributed by atoms with Gasteiger partial charge in [0, 0.05) is 13.1 Å². The van der Waals surface area contributed by atoms with Crippen LogP contribution in [0, 0.1) is 0 Å². The largest absolute Gasteiger partial charge is 0.391 e. The number of carbonyl (C=O) groups excluding carboxylic acids is 1. The number of piperidine rings is 1. The summed E-state index contributed by atoms with van der Waals surface area (Å²) in [7, 11) is 0. The van der Waals surface area contributed by atoms with Crippen molar-refractivity contribution in [3.8, 4) is 0 Å². The van der Waals surface area contributed by atoms with Gasteiger partial charge in [0.25, 0.3) is 0 Å². The minimum absolute atomic E-state index is 0.0146. The van der Waals surface area contributed by atoms with E-state index in [2.05, 4.69) is 10.1 Å². The molecule has 0 radical (unpaired) electrons.